The topological polar surface area (TPSA) is 80.3 Å². The zero-order valence-electron chi connectivity index (χ0n) is 24.7. The number of rotatable bonds is 14. The van der Waals surface area contributed by atoms with Crippen molar-refractivity contribution in [3.8, 4) is 11.5 Å². The number of thiophene rings is 1. The van der Waals surface area contributed by atoms with Gasteiger partial charge in [-0.2, -0.15) is 0 Å². The van der Waals surface area contributed by atoms with Crippen LogP contribution in [0.2, 0.25) is 0 Å². The van der Waals surface area contributed by atoms with Crippen LogP contribution in [-0.4, -0.2) is 74.8 Å². The number of amides is 3. The maximum Gasteiger partial charge on any atom is 0.318 e. The number of nitrogens with one attached hydrogen (secondary N) is 1. The Morgan fingerprint density at radius 2 is 1.66 bits per heavy atom. The molecule has 4 aliphatic rings. The molecule has 1 aromatic heterocycles. The van der Waals surface area contributed by atoms with E-state index in [9.17, 15) is 9.59 Å². The lowest BCUT2D eigenvalue weighted by Gasteiger charge is -2.57. The fourth-order valence-electron chi connectivity index (χ4n) is 7.67. The van der Waals surface area contributed by atoms with Gasteiger partial charge in [0.15, 0.2) is 11.5 Å². The summed E-state index contributed by atoms with van der Waals surface area (Å²) < 4.78 is 16.1. The minimum absolute atomic E-state index is 0.0445. The number of methoxy groups -OCH3 is 3. The summed E-state index contributed by atoms with van der Waals surface area (Å²) >= 11 is 1.64. The summed E-state index contributed by atoms with van der Waals surface area (Å²) in [6.07, 6.45) is 8.57. The number of hydrogen-bond donors (Lipinski definition) is 1. The smallest absolute Gasteiger partial charge is 0.318 e. The Kier molecular flexibility index (Phi) is 9.75. The van der Waals surface area contributed by atoms with Gasteiger partial charge in [0.2, 0.25) is 5.91 Å². The number of carbonyl (C=O) groups is 2. The zero-order chi connectivity index (χ0) is 28.8. The van der Waals surface area contributed by atoms with E-state index in [-0.39, 0.29) is 24.0 Å². The summed E-state index contributed by atoms with van der Waals surface area (Å²) in [6.45, 7) is 2.15. The quantitative estimate of drug-likeness (QED) is 0.303. The molecular formula is C32H45N3O5S. The van der Waals surface area contributed by atoms with Crippen molar-refractivity contribution in [1.29, 1.82) is 0 Å². The summed E-state index contributed by atoms with van der Waals surface area (Å²) in [6, 6.07) is 9.82. The van der Waals surface area contributed by atoms with E-state index in [1.165, 1.54) is 19.3 Å². The molecule has 2 aromatic rings. The Morgan fingerprint density at radius 1 is 0.951 bits per heavy atom. The predicted molar refractivity (Wildman–Crippen MR) is 160 cm³/mol. The monoisotopic (exact) mass is 583 g/mol. The van der Waals surface area contributed by atoms with E-state index in [4.69, 9.17) is 14.2 Å². The zero-order valence-corrected chi connectivity index (χ0v) is 25.5. The second-order valence-corrected chi connectivity index (χ2v) is 13.3. The number of hydrogen-bond acceptors (Lipinski definition) is 6. The van der Waals surface area contributed by atoms with E-state index in [1.54, 1.807) is 37.6 Å². The highest BCUT2D eigenvalue weighted by molar-refractivity contribution is 7.09. The first kappa shape index (κ1) is 29.7. The molecule has 4 aliphatic carbocycles. The fourth-order valence-corrected chi connectivity index (χ4v) is 8.39. The predicted octanol–water partition coefficient (Wildman–Crippen LogP) is 5.35. The van der Waals surface area contributed by atoms with Crippen molar-refractivity contribution in [2.75, 3.05) is 47.6 Å². The summed E-state index contributed by atoms with van der Waals surface area (Å²) in [5, 5.41) is 5.50. The van der Waals surface area contributed by atoms with Crippen molar-refractivity contribution in [2.45, 2.75) is 63.5 Å². The van der Waals surface area contributed by atoms with Crippen LogP contribution in [-0.2, 0) is 22.5 Å². The molecule has 224 valence electrons. The Bertz CT molecular complexity index is 1130. The normalized spacial score (nSPS) is 24.2. The molecule has 4 bridgehead atoms. The highest BCUT2D eigenvalue weighted by atomic mass is 32.1. The van der Waals surface area contributed by atoms with Crippen molar-refractivity contribution in [1.82, 2.24) is 15.1 Å². The van der Waals surface area contributed by atoms with Gasteiger partial charge in [-0.3, -0.25) is 4.79 Å². The van der Waals surface area contributed by atoms with Crippen LogP contribution in [0.3, 0.4) is 0 Å². The van der Waals surface area contributed by atoms with Gasteiger partial charge in [-0.25, -0.2) is 4.79 Å². The molecule has 1 N–H and O–H groups in total. The molecule has 6 rings (SSSR count). The molecule has 3 amide bonds. The molecule has 41 heavy (non-hydrogen) atoms. The Labute approximate surface area is 248 Å². The Hall–Kier alpha value is -2.78. The molecule has 0 atom stereocenters. The van der Waals surface area contributed by atoms with Crippen LogP contribution in [0.5, 0.6) is 11.5 Å². The molecule has 0 unspecified atom stereocenters. The van der Waals surface area contributed by atoms with Crippen molar-refractivity contribution in [3.63, 3.8) is 0 Å². The minimum atomic E-state index is -0.104. The Morgan fingerprint density at radius 3 is 2.27 bits per heavy atom. The van der Waals surface area contributed by atoms with Gasteiger partial charge in [0.1, 0.15) is 6.54 Å². The van der Waals surface area contributed by atoms with Gasteiger partial charge in [0.25, 0.3) is 0 Å². The molecule has 0 saturated heterocycles. The molecule has 0 radical (unpaired) electrons. The lowest BCUT2D eigenvalue weighted by Crippen LogP contribution is -2.62. The average Bonchev–Trinajstić information content (AvgIpc) is 3.46. The second kappa shape index (κ2) is 13.5. The van der Waals surface area contributed by atoms with Crippen LogP contribution >= 0.6 is 11.3 Å². The van der Waals surface area contributed by atoms with E-state index in [2.05, 4.69) is 11.4 Å². The van der Waals surface area contributed by atoms with Crippen LogP contribution in [0, 0.1) is 17.8 Å². The molecule has 0 spiro atoms. The molecule has 0 aliphatic heterocycles. The molecule has 8 nitrogen and oxygen atoms in total. The molecule has 4 fully saturated rings. The van der Waals surface area contributed by atoms with E-state index in [0.717, 1.165) is 47.5 Å². The number of benzene rings is 1. The summed E-state index contributed by atoms with van der Waals surface area (Å²) in [5.74, 6) is 3.53. The van der Waals surface area contributed by atoms with Gasteiger partial charge in [0, 0.05) is 37.2 Å². The number of nitrogens with zero attached hydrogens (tertiary/aromatic N) is 2. The standard InChI is InChI=1S/C32H45N3O5S/c1-38-12-5-10-35(31(37)33-32-18-24-14-25(19-32)16-26(15-24)20-32)22-30(36)34(21-27-6-4-13-41-27)11-9-23-7-8-28(39-2)29(17-23)40-3/h4,6-8,13,17,24-26H,5,9-12,14-16,18-22H2,1-3H3,(H,33,37). The third-order valence-corrected chi connectivity index (χ3v) is 10.1. The maximum atomic E-state index is 13.9. The first-order chi connectivity index (χ1) is 19.9. The van der Waals surface area contributed by atoms with Crippen molar-refractivity contribution in [3.05, 3.63) is 46.2 Å². The summed E-state index contributed by atoms with van der Waals surface area (Å²) in [7, 11) is 4.92. The van der Waals surface area contributed by atoms with Crippen LogP contribution in [0.1, 0.15) is 55.4 Å². The number of urea groups is 1. The van der Waals surface area contributed by atoms with Crippen LogP contribution in [0.25, 0.3) is 0 Å². The molecule has 1 aromatic carbocycles. The molecular weight excluding hydrogens is 538 g/mol. The minimum Gasteiger partial charge on any atom is -0.493 e. The summed E-state index contributed by atoms with van der Waals surface area (Å²) in [4.78, 5) is 32.4. The van der Waals surface area contributed by atoms with Gasteiger partial charge in [-0.15, -0.1) is 11.3 Å². The molecule has 1 heterocycles. The van der Waals surface area contributed by atoms with Crippen LogP contribution < -0.4 is 14.8 Å². The van der Waals surface area contributed by atoms with Crippen molar-refractivity contribution < 1.29 is 23.8 Å². The van der Waals surface area contributed by atoms with Gasteiger partial charge in [-0.1, -0.05) is 12.1 Å². The van der Waals surface area contributed by atoms with Crippen molar-refractivity contribution >= 4 is 23.3 Å². The lowest BCUT2D eigenvalue weighted by molar-refractivity contribution is -0.132. The van der Waals surface area contributed by atoms with Gasteiger partial charge in [-0.05, 0) is 98.3 Å². The average molecular weight is 584 g/mol. The number of carbonyl (C=O) groups excluding carboxylic acids is 2. The molecule has 4 saturated carbocycles. The highest BCUT2D eigenvalue weighted by Gasteiger charge is 2.51. The summed E-state index contributed by atoms with van der Waals surface area (Å²) in [5.41, 5.74) is 0.960. The Balaban J connectivity index is 1.27. The van der Waals surface area contributed by atoms with E-state index >= 15 is 0 Å². The van der Waals surface area contributed by atoms with Gasteiger partial charge < -0.3 is 29.3 Å². The fraction of sp³-hybridized carbons (Fsp3) is 0.625. The second-order valence-electron chi connectivity index (χ2n) is 12.2. The van der Waals surface area contributed by atoms with E-state index in [0.29, 0.717) is 50.6 Å². The first-order valence-corrected chi connectivity index (χ1v) is 15.9. The molecule has 9 heteroatoms. The third kappa shape index (κ3) is 7.36. The van der Waals surface area contributed by atoms with E-state index in [1.807, 2.05) is 34.5 Å². The van der Waals surface area contributed by atoms with Crippen LogP contribution in [0.4, 0.5) is 4.79 Å². The highest BCUT2D eigenvalue weighted by Crippen LogP contribution is 2.55. The van der Waals surface area contributed by atoms with E-state index < -0.39 is 0 Å². The lowest BCUT2D eigenvalue weighted by atomic mass is 9.53. The first-order valence-electron chi connectivity index (χ1n) is 15.0. The van der Waals surface area contributed by atoms with Crippen molar-refractivity contribution in [2.24, 2.45) is 17.8 Å². The van der Waals surface area contributed by atoms with Crippen LogP contribution in [0.15, 0.2) is 35.7 Å². The van der Waals surface area contributed by atoms with Gasteiger partial charge in [0.05, 0.1) is 20.8 Å². The SMILES string of the molecule is COCCCN(CC(=O)N(CCc1ccc(OC)c(OC)c1)Cc1cccs1)C(=O)NC12CC3CC(CC(C3)C1)C2. The maximum absolute atomic E-state index is 13.9. The van der Waals surface area contributed by atoms with Gasteiger partial charge >= 0.3 is 6.03 Å². The number of ether oxygens (including phenoxy) is 3. The third-order valence-electron chi connectivity index (χ3n) is 9.20. The largest absolute Gasteiger partial charge is 0.493 e.